The highest BCUT2D eigenvalue weighted by Gasteiger charge is 2.46. The number of benzene rings is 15. The van der Waals surface area contributed by atoms with Gasteiger partial charge in [-0.05, 0) is 141 Å². The maximum absolute atomic E-state index is 5.54. The van der Waals surface area contributed by atoms with Gasteiger partial charge in [-0.25, -0.2) is 4.98 Å². The zero-order valence-corrected chi connectivity index (χ0v) is 52.1. The van der Waals surface area contributed by atoms with Gasteiger partial charge in [-0.3, -0.25) is 4.40 Å². The first-order chi connectivity index (χ1) is 46.6. The summed E-state index contributed by atoms with van der Waals surface area (Å²) in [5.41, 5.74) is 25.7. The molecule has 0 radical (unpaired) electrons. The van der Waals surface area contributed by atoms with Gasteiger partial charge in [0.15, 0.2) is 5.65 Å². The van der Waals surface area contributed by atoms with Crippen LogP contribution in [-0.2, 0) is 5.41 Å². The fourth-order valence-corrected chi connectivity index (χ4v) is 17.0. The highest BCUT2D eigenvalue weighted by Crippen LogP contribution is 2.56. The van der Waals surface area contributed by atoms with Gasteiger partial charge in [0, 0.05) is 20.9 Å². The van der Waals surface area contributed by atoms with Crippen molar-refractivity contribution in [1.82, 2.24) is 9.38 Å². The predicted octanol–water partition coefficient (Wildman–Crippen LogP) is 21.5. The summed E-state index contributed by atoms with van der Waals surface area (Å²) in [6.45, 7) is -0.129. The minimum atomic E-state index is -0.543. The molecule has 0 N–H and O–H groups in total. The van der Waals surface area contributed by atoms with Crippen LogP contribution in [0.2, 0.25) is 0 Å². The van der Waals surface area contributed by atoms with Crippen molar-refractivity contribution in [1.29, 1.82) is 0 Å². The highest BCUT2D eigenvalue weighted by molar-refractivity contribution is 7.26. The Morgan fingerprint density at radius 1 is 0.298 bits per heavy atom. The van der Waals surface area contributed by atoms with Gasteiger partial charge in [0.1, 0.15) is 0 Å². The Morgan fingerprint density at radius 3 is 1.46 bits per heavy atom. The number of aromatic nitrogens is 2. The van der Waals surface area contributed by atoms with Gasteiger partial charge in [0.25, 0.3) is 0 Å². The first kappa shape index (κ1) is 54.1. The van der Waals surface area contributed by atoms with E-state index in [-0.39, 0.29) is 6.71 Å². The van der Waals surface area contributed by atoms with Crippen molar-refractivity contribution < 1.29 is 0 Å². The second-order valence-electron chi connectivity index (χ2n) is 25.2. The van der Waals surface area contributed by atoms with Crippen molar-refractivity contribution >= 4 is 104 Å². The van der Waals surface area contributed by atoms with E-state index in [4.69, 9.17) is 4.98 Å². The van der Waals surface area contributed by atoms with Gasteiger partial charge in [0.05, 0.1) is 26.8 Å². The van der Waals surface area contributed by atoms with Gasteiger partial charge < -0.3 is 0 Å². The van der Waals surface area contributed by atoms with Crippen LogP contribution in [-0.4, -0.2) is 16.1 Å². The maximum Gasteiger partial charge on any atom is 0.241 e. The molecular formula is C90H57BN2S. The van der Waals surface area contributed by atoms with Crippen LogP contribution in [0, 0.1) is 0 Å². The molecule has 3 heterocycles. The summed E-state index contributed by atoms with van der Waals surface area (Å²) < 4.78 is 4.88. The van der Waals surface area contributed by atoms with Crippen molar-refractivity contribution in [2.45, 2.75) is 5.41 Å². The number of rotatable bonds is 10. The first-order valence-corrected chi connectivity index (χ1v) is 33.3. The van der Waals surface area contributed by atoms with E-state index in [9.17, 15) is 0 Å². The van der Waals surface area contributed by atoms with Crippen LogP contribution >= 0.6 is 11.3 Å². The minimum absolute atomic E-state index is 0.129. The molecule has 4 heteroatoms. The predicted molar refractivity (Wildman–Crippen MR) is 400 cm³/mol. The number of nitrogens with zero attached hydrogens (tertiary/aromatic N) is 2. The molecular weight excluding hydrogens is 1150 g/mol. The number of imidazole rings is 1. The average Bonchev–Trinajstić information content (AvgIpc) is 1.54. The molecule has 1 aliphatic rings. The summed E-state index contributed by atoms with van der Waals surface area (Å²) in [7, 11) is 0. The summed E-state index contributed by atoms with van der Waals surface area (Å²) >= 11 is 1.85. The summed E-state index contributed by atoms with van der Waals surface area (Å²) in [6, 6.07) is 129. The summed E-state index contributed by atoms with van der Waals surface area (Å²) in [5, 5.41) is 9.79. The molecule has 3 aromatic heterocycles. The summed E-state index contributed by atoms with van der Waals surface area (Å²) in [5.74, 6) is 0. The molecule has 0 saturated heterocycles. The lowest BCUT2D eigenvalue weighted by Gasteiger charge is -2.34. The average molecular weight is 1210 g/mol. The molecule has 0 aliphatic heterocycles. The molecule has 0 spiro atoms. The molecule has 436 valence electrons. The van der Waals surface area contributed by atoms with E-state index >= 15 is 0 Å². The molecule has 19 rings (SSSR count). The molecule has 18 aromatic rings. The molecule has 15 aromatic carbocycles. The van der Waals surface area contributed by atoms with E-state index in [1.807, 2.05) is 11.3 Å². The Kier molecular flexibility index (Phi) is 12.5. The van der Waals surface area contributed by atoms with Crippen molar-refractivity contribution in [3.8, 4) is 66.9 Å². The number of hydrogen-bond donors (Lipinski definition) is 0. The lowest BCUT2D eigenvalue weighted by Crippen LogP contribution is -2.52. The SMILES string of the molecule is c1ccc(-c2cc(B(c3ccc(-c4ccc(-c5ccc(-c6cc7c8cc9ccccc9cc8sc7c7nc8c9ccccc9ccc8n67)cc5)c5ccccc45)cc3)c3ccc4c(c3)C(c3ccccc3)(c3ccccc3)c3ccccc3-4)cc(-c3ccccc3)c2)cc1. The van der Waals surface area contributed by atoms with Crippen LogP contribution in [0.15, 0.2) is 346 Å². The quantitative estimate of drug-likeness (QED) is 0.125. The molecule has 0 fully saturated rings. The van der Waals surface area contributed by atoms with Gasteiger partial charge >= 0.3 is 0 Å². The molecule has 94 heavy (non-hydrogen) atoms. The van der Waals surface area contributed by atoms with Crippen LogP contribution in [0.25, 0.3) is 136 Å². The topological polar surface area (TPSA) is 17.3 Å². The lowest BCUT2D eigenvalue weighted by molar-refractivity contribution is 0.769. The third kappa shape index (κ3) is 8.53. The molecule has 0 atom stereocenters. The van der Waals surface area contributed by atoms with Gasteiger partial charge in [0.2, 0.25) is 6.71 Å². The van der Waals surface area contributed by atoms with Gasteiger partial charge in [-0.2, -0.15) is 0 Å². The monoisotopic (exact) mass is 1210 g/mol. The second kappa shape index (κ2) is 21.7. The van der Waals surface area contributed by atoms with E-state index in [1.165, 1.54) is 147 Å². The maximum atomic E-state index is 5.54. The van der Waals surface area contributed by atoms with E-state index in [0.717, 1.165) is 27.9 Å². The number of hydrogen-bond acceptors (Lipinski definition) is 2. The van der Waals surface area contributed by atoms with Crippen molar-refractivity contribution in [2.75, 3.05) is 0 Å². The summed E-state index contributed by atoms with van der Waals surface area (Å²) in [4.78, 5) is 5.54. The first-order valence-electron chi connectivity index (χ1n) is 32.5. The fraction of sp³-hybridized carbons (Fsp3) is 0.0111. The van der Waals surface area contributed by atoms with Crippen LogP contribution in [0.5, 0.6) is 0 Å². The molecule has 2 nitrogen and oxygen atoms in total. The number of thiophene rings is 1. The third-order valence-electron chi connectivity index (χ3n) is 20.2. The Labute approximate surface area is 549 Å². The molecule has 0 bridgehead atoms. The third-order valence-corrected chi connectivity index (χ3v) is 21.3. The molecule has 1 aliphatic carbocycles. The van der Waals surface area contributed by atoms with E-state index in [2.05, 4.69) is 350 Å². The van der Waals surface area contributed by atoms with Gasteiger partial charge in [-0.1, -0.05) is 332 Å². The molecule has 0 amide bonds. The largest absolute Gasteiger partial charge is 0.291 e. The second-order valence-corrected chi connectivity index (χ2v) is 26.3. The Balaban J connectivity index is 0.741. The van der Waals surface area contributed by atoms with Crippen molar-refractivity contribution in [2.24, 2.45) is 0 Å². The van der Waals surface area contributed by atoms with Crippen molar-refractivity contribution in [3.63, 3.8) is 0 Å². The van der Waals surface area contributed by atoms with Crippen molar-refractivity contribution in [3.05, 3.63) is 368 Å². The summed E-state index contributed by atoms with van der Waals surface area (Å²) in [6.07, 6.45) is 0. The fourth-order valence-electron chi connectivity index (χ4n) is 15.8. The normalized spacial score (nSPS) is 12.6. The standard InChI is InChI=1S/C90H57BN2S/c1-5-21-58(22-6-1)66-51-67(59-23-7-2-8-24-59)53-72(52-66)91(71-46-47-79-78-35-19-20-36-82(78)90(83(79)56-71,68-28-9-3-10-29-68)69-30-11-4-12-31-69)70-44-41-62(42-45-70)74-49-48-73(76-33-17-18-34-77(74)76)61-37-39-63(40-38-61)85-57-81-80-54-64-26-13-14-27-65(64)55-86(80)94-88(81)89-92-87-75-32-16-15-25-60(75)43-50-84(87)93(85)89/h1-57H. The van der Waals surface area contributed by atoms with E-state index < -0.39 is 5.41 Å². The van der Waals surface area contributed by atoms with Crippen LogP contribution in [0.1, 0.15) is 22.3 Å². The van der Waals surface area contributed by atoms with Crippen LogP contribution < -0.4 is 16.4 Å². The number of fused-ring (bicyclic) bond motifs is 14. The van der Waals surface area contributed by atoms with E-state index in [1.54, 1.807) is 0 Å². The van der Waals surface area contributed by atoms with E-state index in [0.29, 0.717) is 0 Å². The zero-order valence-electron chi connectivity index (χ0n) is 51.3. The van der Waals surface area contributed by atoms with Crippen LogP contribution in [0.3, 0.4) is 0 Å². The minimum Gasteiger partial charge on any atom is -0.291 e. The molecule has 0 unspecified atom stereocenters. The lowest BCUT2D eigenvalue weighted by atomic mass is 9.36. The highest BCUT2D eigenvalue weighted by atomic mass is 32.1. The van der Waals surface area contributed by atoms with Gasteiger partial charge in [-0.15, -0.1) is 11.3 Å². The smallest absolute Gasteiger partial charge is 0.241 e. The Bertz CT molecular complexity index is 5920. The molecule has 0 saturated carbocycles. The Hall–Kier alpha value is -11.7. The van der Waals surface area contributed by atoms with Crippen LogP contribution in [0.4, 0.5) is 0 Å². The Morgan fingerprint density at radius 2 is 0.809 bits per heavy atom. The zero-order chi connectivity index (χ0) is 61.8. The number of pyridine rings is 1.